The SMILES string of the molecule is C[C@@H](O)[C@H](C)n1ncn(-c2ccc(C=CCO)cc2)c1=O. The fourth-order valence-electron chi connectivity index (χ4n) is 1.91. The van der Waals surface area contributed by atoms with Gasteiger partial charge in [-0.15, -0.1) is 0 Å². The van der Waals surface area contributed by atoms with Gasteiger partial charge in [0.15, 0.2) is 0 Å². The number of hydrogen-bond donors (Lipinski definition) is 2. The van der Waals surface area contributed by atoms with Crippen LogP contribution in [0.1, 0.15) is 25.5 Å². The number of aromatic nitrogens is 3. The summed E-state index contributed by atoms with van der Waals surface area (Å²) in [7, 11) is 0. The molecule has 0 saturated heterocycles. The van der Waals surface area contributed by atoms with Crippen molar-refractivity contribution in [3.63, 3.8) is 0 Å². The fourth-order valence-corrected chi connectivity index (χ4v) is 1.91. The van der Waals surface area contributed by atoms with Gasteiger partial charge in [-0.05, 0) is 31.5 Å². The standard InChI is InChI=1S/C15H19N3O3/c1-11(12(2)20)18-15(21)17(10-16-18)14-7-5-13(6-8-14)4-3-9-19/h3-8,10-12,19-20H,9H2,1-2H3/t11-,12+/m0/s1. The molecule has 2 rings (SSSR count). The Bertz CT molecular complexity index is 668. The molecule has 0 aliphatic rings. The van der Waals surface area contributed by atoms with E-state index in [4.69, 9.17) is 5.11 Å². The molecule has 1 heterocycles. The lowest BCUT2D eigenvalue weighted by atomic mass is 10.2. The van der Waals surface area contributed by atoms with E-state index in [2.05, 4.69) is 5.10 Å². The van der Waals surface area contributed by atoms with E-state index in [0.29, 0.717) is 5.69 Å². The number of rotatable bonds is 5. The van der Waals surface area contributed by atoms with Crippen LogP contribution in [0.15, 0.2) is 41.5 Å². The molecule has 0 saturated carbocycles. The zero-order valence-electron chi connectivity index (χ0n) is 12.0. The van der Waals surface area contributed by atoms with E-state index in [1.54, 1.807) is 38.1 Å². The minimum absolute atomic E-state index is 0.00872. The Morgan fingerprint density at radius 2 is 1.95 bits per heavy atom. The molecule has 2 aromatic rings. The number of aliphatic hydroxyl groups excluding tert-OH is 2. The van der Waals surface area contributed by atoms with Crippen LogP contribution in [-0.2, 0) is 0 Å². The molecule has 0 aliphatic heterocycles. The summed E-state index contributed by atoms with van der Waals surface area (Å²) in [6.45, 7) is 3.36. The first-order chi connectivity index (χ1) is 10.0. The molecule has 0 amide bonds. The lowest BCUT2D eigenvalue weighted by Crippen LogP contribution is -2.31. The van der Waals surface area contributed by atoms with Crippen LogP contribution in [0.2, 0.25) is 0 Å². The van der Waals surface area contributed by atoms with E-state index in [1.165, 1.54) is 15.6 Å². The van der Waals surface area contributed by atoms with Gasteiger partial charge < -0.3 is 10.2 Å². The third kappa shape index (κ3) is 3.29. The van der Waals surface area contributed by atoms with Gasteiger partial charge in [0.25, 0.3) is 0 Å². The molecule has 0 spiro atoms. The van der Waals surface area contributed by atoms with E-state index < -0.39 is 6.10 Å². The largest absolute Gasteiger partial charge is 0.392 e. The number of benzene rings is 1. The van der Waals surface area contributed by atoms with Gasteiger partial charge in [0.2, 0.25) is 0 Å². The van der Waals surface area contributed by atoms with Crippen LogP contribution >= 0.6 is 0 Å². The number of nitrogens with zero attached hydrogens (tertiary/aromatic N) is 3. The normalized spacial score (nSPS) is 14.5. The minimum atomic E-state index is -0.656. The second kappa shape index (κ2) is 6.51. The molecule has 6 nitrogen and oxygen atoms in total. The van der Waals surface area contributed by atoms with Gasteiger partial charge in [-0.25, -0.2) is 14.0 Å². The maximum absolute atomic E-state index is 12.3. The zero-order valence-corrected chi connectivity index (χ0v) is 12.0. The Kier molecular flexibility index (Phi) is 4.72. The first-order valence-electron chi connectivity index (χ1n) is 6.76. The predicted octanol–water partition coefficient (Wildman–Crippen LogP) is 0.981. The quantitative estimate of drug-likeness (QED) is 0.860. The third-order valence-electron chi connectivity index (χ3n) is 3.36. The predicted molar refractivity (Wildman–Crippen MR) is 80.3 cm³/mol. The fraction of sp³-hybridized carbons (Fsp3) is 0.333. The van der Waals surface area contributed by atoms with Crippen LogP contribution in [0.4, 0.5) is 0 Å². The zero-order chi connectivity index (χ0) is 15.4. The molecule has 1 aromatic heterocycles. The van der Waals surface area contributed by atoms with Gasteiger partial charge >= 0.3 is 5.69 Å². The monoisotopic (exact) mass is 289 g/mol. The van der Waals surface area contributed by atoms with Gasteiger partial charge in [-0.3, -0.25) is 0 Å². The molecule has 0 aliphatic carbocycles. The lowest BCUT2D eigenvalue weighted by Gasteiger charge is -2.13. The van der Waals surface area contributed by atoms with Crippen molar-refractivity contribution in [3.05, 3.63) is 52.7 Å². The highest BCUT2D eigenvalue weighted by molar-refractivity contribution is 5.51. The summed E-state index contributed by atoms with van der Waals surface area (Å²) in [5.74, 6) is 0. The van der Waals surface area contributed by atoms with Crippen LogP contribution < -0.4 is 5.69 Å². The van der Waals surface area contributed by atoms with E-state index >= 15 is 0 Å². The molecule has 0 unspecified atom stereocenters. The Balaban J connectivity index is 2.31. The molecule has 21 heavy (non-hydrogen) atoms. The Morgan fingerprint density at radius 1 is 1.29 bits per heavy atom. The molecule has 0 bridgehead atoms. The molecular weight excluding hydrogens is 270 g/mol. The minimum Gasteiger partial charge on any atom is -0.392 e. The Labute approximate surface area is 122 Å². The maximum atomic E-state index is 12.3. The maximum Gasteiger partial charge on any atom is 0.350 e. The van der Waals surface area contributed by atoms with Crippen molar-refractivity contribution in [2.45, 2.75) is 26.0 Å². The van der Waals surface area contributed by atoms with Crippen LogP contribution in [0.25, 0.3) is 11.8 Å². The van der Waals surface area contributed by atoms with E-state index in [1.807, 2.05) is 12.1 Å². The van der Waals surface area contributed by atoms with Crippen molar-refractivity contribution < 1.29 is 10.2 Å². The molecule has 0 radical (unpaired) electrons. The molecule has 112 valence electrons. The summed E-state index contributed by atoms with van der Waals surface area (Å²) in [5.41, 5.74) is 1.35. The molecular formula is C15H19N3O3. The summed E-state index contributed by atoms with van der Waals surface area (Å²) in [6.07, 6.45) is 4.23. The molecule has 1 aromatic carbocycles. The van der Waals surface area contributed by atoms with E-state index in [9.17, 15) is 9.90 Å². The Hall–Kier alpha value is -2.18. The van der Waals surface area contributed by atoms with Gasteiger partial charge in [0.05, 0.1) is 24.4 Å². The van der Waals surface area contributed by atoms with Crippen LogP contribution in [0.5, 0.6) is 0 Å². The summed E-state index contributed by atoms with van der Waals surface area (Å²) in [6, 6.07) is 6.92. The highest BCUT2D eigenvalue weighted by Gasteiger charge is 2.16. The molecule has 6 heteroatoms. The van der Waals surface area contributed by atoms with Crippen LogP contribution in [0.3, 0.4) is 0 Å². The summed E-state index contributed by atoms with van der Waals surface area (Å²) >= 11 is 0. The second-order valence-electron chi connectivity index (χ2n) is 4.89. The molecule has 0 fully saturated rings. The molecule has 2 atom stereocenters. The van der Waals surface area contributed by atoms with Crippen molar-refractivity contribution in [1.29, 1.82) is 0 Å². The highest BCUT2D eigenvalue weighted by Crippen LogP contribution is 2.11. The van der Waals surface area contributed by atoms with Crippen LogP contribution in [0, 0.1) is 0 Å². The van der Waals surface area contributed by atoms with Gasteiger partial charge in [0, 0.05) is 0 Å². The first kappa shape index (κ1) is 15.2. The highest BCUT2D eigenvalue weighted by atomic mass is 16.3. The number of aliphatic hydroxyl groups is 2. The molecule has 2 N–H and O–H groups in total. The topological polar surface area (TPSA) is 80.3 Å². The average Bonchev–Trinajstić information content (AvgIpc) is 2.86. The number of hydrogen-bond acceptors (Lipinski definition) is 4. The van der Waals surface area contributed by atoms with Crippen molar-refractivity contribution in [2.24, 2.45) is 0 Å². The van der Waals surface area contributed by atoms with Gasteiger partial charge in [-0.2, -0.15) is 5.10 Å². The third-order valence-corrected chi connectivity index (χ3v) is 3.36. The van der Waals surface area contributed by atoms with Gasteiger partial charge in [-0.1, -0.05) is 24.3 Å². The van der Waals surface area contributed by atoms with Crippen molar-refractivity contribution in [3.8, 4) is 5.69 Å². The van der Waals surface area contributed by atoms with Crippen LogP contribution in [-0.4, -0.2) is 37.3 Å². The second-order valence-corrected chi connectivity index (χ2v) is 4.89. The average molecular weight is 289 g/mol. The summed E-state index contributed by atoms with van der Waals surface area (Å²) < 4.78 is 2.70. The van der Waals surface area contributed by atoms with E-state index in [-0.39, 0.29) is 18.3 Å². The van der Waals surface area contributed by atoms with Crippen molar-refractivity contribution in [1.82, 2.24) is 14.3 Å². The van der Waals surface area contributed by atoms with Crippen molar-refractivity contribution >= 4 is 6.08 Å². The smallest absolute Gasteiger partial charge is 0.350 e. The van der Waals surface area contributed by atoms with Crippen molar-refractivity contribution in [2.75, 3.05) is 6.61 Å². The first-order valence-corrected chi connectivity index (χ1v) is 6.76. The van der Waals surface area contributed by atoms with E-state index in [0.717, 1.165) is 5.56 Å². The summed E-state index contributed by atoms with van der Waals surface area (Å²) in [4.78, 5) is 12.3. The van der Waals surface area contributed by atoms with Gasteiger partial charge in [0.1, 0.15) is 6.33 Å². The summed E-state index contributed by atoms with van der Waals surface area (Å²) in [5, 5.41) is 22.3. The Morgan fingerprint density at radius 3 is 2.52 bits per heavy atom. The lowest BCUT2D eigenvalue weighted by molar-refractivity contribution is 0.130.